The number of carbonyl (C=O) groups excluding carboxylic acids is 1. The van der Waals surface area contributed by atoms with E-state index in [2.05, 4.69) is 10.1 Å². The van der Waals surface area contributed by atoms with Gasteiger partial charge in [0.25, 0.3) is 5.91 Å². The maximum Gasteiger partial charge on any atom is 0.293 e. The second-order valence-corrected chi connectivity index (χ2v) is 7.42. The number of amides is 1. The molecule has 1 aliphatic heterocycles. The molecule has 2 unspecified atom stereocenters. The number of hydrogen-bond acceptors (Lipinski definition) is 3. The SMILES string of the molecule is O=C(c1nc(-c2ccccc2)n(-c2ccccc2)n1)N1CCC2CCCC21. The van der Waals surface area contributed by atoms with Crippen LogP contribution in [0.25, 0.3) is 17.1 Å². The van der Waals surface area contributed by atoms with E-state index in [4.69, 9.17) is 0 Å². The summed E-state index contributed by atoms with van der Waals surface area (Å²) in [4.78, 5) is 19.9. The highest BCUT2D eigenvalue weighted by molar-refractivity contribution is 5.91. The minimum Gasteiger partial charge on any atom is -0.333 e. The van der Waals surface area contributed by atoms with E-state index in [9.17, 15) is 4.79 Å². The number of benzene rings is 2. The maximum atomic E-state index is 13.2. The highest BCUT2D eigenvalue weighted by Gasteiger charge is 2.41. The molecule has 0 radical (unpaired) electrons. The van der Waals surface area contributed by atoms with Crippen molar-refractivity contribution in [2.75, 3.05) is 6.54 Å². The second-order valence-electron chi connectivity index (χ2n) is 7.42. The molecule has 2 heterocycles. The van der Waals surface area contributed by atoms with Crippen LogP contribution in [0.1, 0.15) is 36.3 Å². The van der Waals surface area contributed by atoms with Gasteiger partial charge in [0, 0.05) is 18.2 Å². The first-order valence-corrected chi connectivity index (χ1v) is 9.70. The van der Waals surface area contributed by atoms with E-state index in [0.717, 1.165) is 30.6 Å². The third-order valence-corrected chi connectivity index (χ3v) is 5.85. The van der Waals surface area contributed by atoms with Crippen molar-refractivity contribution in [1.29, 1.82) is 0 Å². The first-order valence-electron chi connectivity index (χ1n) is 9.70. The minimum atomic E-state index is -0.0312. The summed E-state index contributed by atoms with van der Waals surface area (Å²) >= 11 is 0. The lowest BCUT2D eigenvalue weighted by molar-refractivity contribution is 0.0716. The van der Waals surface area contributed by atoms with E-state index in [-0.39, 0.29) is 5.91 Å². The van der Waals surface area contributed by atoms with Crippen LogP contribution in [0.4, 0.5) is 0 Å². The van der Waals surface area contributed by atoms with Gasteiger partial charge in [-0.1, -0.05) is 55.0 Å². The van der Waals surface area contributed by atoms with Crippen molar-refractivity contribution in [2.24, 2.45) is 5.92 Å². The van der Waals surface area contributed by atoms with Gasteiger partial charge in [0.05, 0.1) is 5.69 Å². The number of rotatable bonds is 3. The van der Waals surface area contributed by atoms with Crippen LogP contribution >= 0.6 is 0 Å². The summed E-state index contributed by atoms with van der Waals surface area (Å²) in [5.41, 5.74) is 1.86. The monoisotopic (exact) mass is 358 g/mol. The van der Waals surface area contributed by atoms with Crippen molar-refractivity contribution in [1.82, 2.24) is 19.7 Å². The molecule has 1 amide bonds. The second kappa shape index (κ2) is 6.65. The fourth-order valence-corrected chi connectivity index (χ4v) is 4.54. The van der Waals surface area contributed by atoms with Crippen LogP contribution in [0, 0.1) is 5.92 Å². The summed E-state index contributed by atoms with van der Waals surface area (Å²) in [5.74, 6) is 1.63. The summed E-state index contributed by atoms with van der Waals surface area (Å²) in [6.45, 7) is 0.828. The molecule has 0 N–H and O–H groups in total. The molecule has 1 aliphatic carbocycles. The van der Waals surface area contributed by atoms with Gasteiger partial charge >= 0.3 is 0 Å². The molecule has 2 atom stereocenters. The Morgan fingerprint density at radius 1 is 0.926 bits per heavy atom. The fourth-order valence-electron chi connectivity index (χ4n) is 4.54. The zero-order chi connectivity index (χ0) is 18.2. The van der Waals surface area contributed by atoms with E-state index >= 15 is 0 Å². The predicted octanol–water partition coefficient (Wildman–Crippen LogP) is 3.95. The molecule has 3 aromatic rings. The highest BCUT2D eigenvalue weighted by Crippen LogP contribution is 2.38. The van der Waals surface area contributed by atoms with Crippen LogP contribution in [0.5, 0.6) is 0 Å². The van der Waals surface area contributed by atoms with Crippen molar-refractivity contribution in [3.8, 4) is 17.1 Å². The predicted molar refractivity (Wildman–Crippen MR) is 104 cm³/mol. The summed E-state index contributed by atoms with van der Waals surface area (Å²) in [5, 5.41) is 4.63. The average molecular weight is 358 g/mol. The van der Waals surface area contributed by atoms with Gasteiger partial charge in [-0.3, -0.25) is 4.79 Å². The van der Waals surface area contributed by atoms with Gasteiger partial charge in [0.1, 0.15) is 0 Å². The molecule has 2 fully saturated rings. The van der Waals surface area contributed by atoms with Crippen LogP contribution in [-0.2, 0) is 0 Å². The summed E-state index contributed by atoms with van der Waals surface area (Å²) in [6.07, 6.45) is 4.69. The number of carbonyl (C=O) groups is 1. The normalized spacial score (nSPS) is 21.4. The topological polar surface area (TPSA) is 51.0 Å². The molecular formula is C22H22N4O. The zero-order valence-corrected chi connectivity index (χ0v) is 15.2. The first-order chi connectivity index (χ1) is 13.3. The van der Waals surface area contributed by atoms with Crippen molar-refractivity contribution < 1.29 is 4.79 Å². The quantitative estimate of drug-likeness (QED) is 0.712. The van der Waals surface area contributed by atoms with Gasteiger partial charge < -0.3 is 4.90 Å². The molecular weight excluding hydrogens is 336 g/mol. The maximum absolute atomic E-state index is 13.2. The molecule has 27 heavy (non-hydrogen) atoms. The summed E-state index contributed by atoms with van der Waals surface area (Å²) in [6, 6.07) is 20.2. The van der Waals surface area contributed by atoms with E-state index in [1.54, 1.807) is 4.68 Å². The third-order valence-electron chi connectivity index (χ3n) is 5.85. The lowest BCUT2D eigenvalue weighted by atomic mass is 10.0. The lowest BCUT2D eigenvalue weighted by Gasteiger charge is -2.22. The molecule has 2 aromatic carbocycles. The van der Waals surface area contributed by atoms with Crippen molar-refractivity contribution >= 4 is 5.91 Å². The Hall–Kier alpha value is -2.95. The Bertz CT molecular complexity index is 894. The van der Waals surface area contributed by atoms with Crippen LogP contribution < -0.4 is 0 Å². The number of fused-ring (bicyclic) bond motifs is 1. The molecule has 0 spiro atoms. The molecule has 1 saturated carbocycles. The van der Waals surface area contributed by atoms with Gasteiger partial charge in [-0.15, -0.1) is 5.10 Å². The Labute approximate surface area is 158 Å². The van der Waals surface area contributed by atoms with Crippen LogP contribution in [-0.4, -0.2) is 38.2 Å². The van der Waals surface area contributed by atoms with Gasteiger partial charge in [0.2, 0.25) is 5.82 Å². The first kappa shape index (κ1) is 16.2. The fraction of sp³-hybridized carbons (Fsp3) is 0.318. The Balaban J connectivity index is 1.56. The summed E-state index contributed by atoms with van der Waals surface area (Å²) < 4.78 is 1.78. The number of likely N-dealkylation sites (tertiary alicyclic amines) is 1. The van der Waals surface area contributed by atoms with E-state index < -0.39 is 0 Å². The lowest BCUT2D eigenvalue weighted by Crippen LogP contribution is -2.36. The Kier molecular flexibility index (Phi) is 4.00. The van der Waals surface area contributed by atoms with Gasteiger partial charge in [0.15, 0.2) is 5.82 Å². The number of para-hydroxylation sites is 1. The van der Waals surface area contributed by atoms with Gasteiger partial charge in [-0.25, -0.2) is 9.67 Å². The largest absolute Gasteiger partial charge is 0.333 e. The molecule has 5 nitrogen and oxygen atoms in total. The number of nitrogens with zero attached hydrogens (tertiary/aromatic N) is 4. The molecule has 5 rings (SSSR count). The average Bonchev–Trinajstić information content (AvgIpc) is 3.44. The van der Waals surface area contributed by atoms with Gasteiger partial charge in [-0.05, 0) is 37.3 Å². The van der Waals surface area contributed by atoms with Crippen molar-refractivity contribution in [3.63, 3.8) is 0 Å². The molecule has 1 saturated heterocycles. The molecule has 0 bridgehead atoms. The molecule has 136 valence electrons. The standard InChI is InChI=1S/C22H22N4O/c27-22(25-15-14-16-10-7-13-19(16)25)20-23-21(17-8-3-1-4-9-17)26(24-20)18-11-5-2-6-12-18/h1-6,8-9,11-12,16,19H,7,10,13-15H2. The Morgan fingerprint density at radius 3 is 2.44 bits per heavy atom. The Morgan fingerprint density at radius 2 is 1.67 bits per heavy atom. The van der Waals surface area contributed by atoms with Crippen molar-refractivity contribution in [2.45, 2.75) is 31.7 Å². The molecule has 5 heteroatoms. The molecule has 1 aromatic heterocycles. The summed E-state index contributed by atoms with van der Waals surface area (Å²) in [7, 11) is 0. The smallest absolute Gasteiger partial charge is 0.293 e. The minimum absolute atomic E-state index is 0.0312. The van der Waals surface area contributed by atoms with Gasteiger partial charge in [-0.2, -0.15) is 0 Å². The highest BCUT2D eigenvalue weighted by atomic mass is 16.2. The molecule has 2 aliphatic rings. The van der Waals surface area contributed by atoms with E-state index in [1.165, 1.54) is 12.8 Å². The zero-order valence-electron chi connectivity index (χ0n) is 15.2. The van der Waals surface area contributed by atoms with Crippen LogP contribution in [0.15, 0.2) is 60.7 Å². The van der Waals surface area contributed by atoms with E-state index in [0.29, 0.717) is 23.6 Å². The van der Waals surface area contributed by atoms with E-state index in [1.807, 2.05) is 65.6 Å². The number of aromatic nitrogens is 3. The van der Waals surface area contributed by atoms with Crippen molar-refractivity contribution in [3.05, 3.63) is 66.5 Å². The number of hydrogen-bond donors (Lipinski definition) is 0. The van der Waals surface area contributed by atoms with Crippen LogP contribution in [0.2, 0.25) is 0 Å². The van der Waals surface area contributed by atoms with Crippen LogP contribution in [0.3, 0.4) is 0 Å². The third kappa shape index (κ3) is 2.83.